The van der Waals surface area contributed by atoms with E-state index in [0.29, 0.717) is 11.1 Å². The summed E-state index contributed by atoms with van der Waals surface area (Å²) in [5, 5.41) is 8.87. The van der Waals surface area contributed by atoms with Crippen molar-refractivity contribution in [3.8, 4) is 0 Å². The van der Waals surface area contributed by atoms with E-state index < -0.39 is 5.97 Å². The van der Waals surface area contributed by atoms with Gasteiger partial charge in [-0.1, -0.05) is 24.3 Å². The molecular formula is C13H7NO4. The second-order valence-corrected chi connectivity index (χ2v) is 3.98. The summed E-state index contributed by atoms with van der Waals surface area (Å²) in [6, 6.07) is 7.65. The fourth-order valence-electron chi connectivity index (χ4n) is 2.09. The van der Waals surface area contributed by atoms with Crippen molar-refractivity contribution in [3.63, 3.8) is 0 Å². The molecule has 1 aliphatic carbocycles. The minimum absolute atomic E-state index is 0.0519. The van der Waals surface area contributed by atoms with Gasteiger partial charge < -0.3 is 10.1 Å². The Morgan fingerprint density at radius 3 is 2.22 bits per heavy atom. The topological polar surface area (TPSA) is 87.2 Å². The second-order valence-electron chi connectivity index (χ2n) is 3.98. The molecule has 1 aromatic carbocycles. The van der Waals surface area contributed by atoms with E-state index >= 15 is 0 Å². The molecule has 1 aliphatic rings. The summed E-state index contributed by atoms with van der Waals surface area (Å²) in [6.45, 7) is 0. The first-order chi connectivity index (χ1) is 8.59. The number of carboxylic acid groups (broad SMARTS) is 1. The maximum absolute atomic E-state index is 12.1. The molecule has 0 fully saturated rings. The number of H-pyrrole nitrogens is 1. The van der Waals surface area contributed by atoms with Gasteiger partial charge in [0.25, 0.3) is 0 Å². The summed E-state index contributed by atoms with van der Waals surface area (Å²) in [6.07, 6.45) is 0. The number of aromatic carboxylic acids is 1. The van der Waals surface area contributed by atoms with Crippen LogP contribution in [0.2, 0.25) is 0 Å². The van der Waals surface area contributed by atoms with Gasteiger partial charge in [-0.2, -0.15) is 0 Å². The van der Waals surface area contributed by atoms with E-state index in [0.717, 1.165) is 0 Å². The Morgan fingerprint density at radius 2 is 1.61 bits per heavy atom. The molecule has 2 aromatic rings. The number of aromatic amines is 1. The number of hydrogen-bond acceptors (Lipinski definition) is 3. The quantitative estimate of drug-likeness (QED) is 0.675. The van der Waals surface area contributed by atoms with Gasteiger partial charge in [-0.05, 0) is 6.07 Å². The smallest absolute Gasteiger partial charge is 0.352 e. The number of carbonyl (C=O) groups excluding carboxylic acids is 2. The number of aromatic nitrogens is 1. The van der Waals surface area contributed by atoms with Crippen LogP contribution < -0.4 is 0 Å². The van der Waals surface area contributed by atoms with Gasteiger partial charge in [0.05, 0.1) is 11.3 Å². The van der Waals surface area contributed by atoms with Gasteiger partial charge in [0.1, 0.15) is 5.69 Å². The number of fused-ring (bicyclic) bond motifs is 2. The molecule has 0 aliphatic heterocycles. The van der Waals surface area contributed by atoms with Crippen molar-refractivity contribution >= 4 is 17.5 Å². The number of carboxylic acids is 1. The van der Waals surface area contributed by atoms with Crippen LogP contribution in [-0.4, -0.2) is 27.6 Å². The Balaban J connectivity index is 2.27. The van der Waals surface area contributed by atoms with Crippen molar-refractivity contribution in [1.82, 2.24) is 4.98 Å². The first-order valence-electron chi connectivity index (χ1n) is 5.24. The molecule has 0 unspecified atom stereocenters. The minimum atomic E-state index is -1.20. The van der Waals surface area contributed by atoms with E-state index in [4.69, 9.17) is 5.11 Å². The molecule has 0 amide bonds. The molecule has 2 N–H and O–H groups in total. The average Bonchev–Trinajstić information content (AvgIpc) is 2.81. The van der Waals surface area contributed by atoms with Gasteiger partial charge in [0, 0.05) is 11.1 Å². The molecule has 0 bridgehead atoms. The Morgan fingerprint density at radius 1 is 1.00 bits per heavy atom. The van der Waals surface area contributed by atoms with Crippen molar-refractivity contribution in [2.75, 3.05) is 0 Å². The fourth-order valence-corrected chi connectivity index (χ4v) is 2.09. The van der Waals surface area contributed by atoms with Gasteiger partial charge in [-0.3, -0.25) is 9.59 Å². The Labute approximate surface area is 101 Å². The summed E-state index contributed by atoms with van der Waals surface area (Å²) in [5.74, 6) is -1.88. The van der Waals surface area contributed by atoms with Crippen molar-refractivity contribution < 1.29 is 19.5 Å². The van der Waals surface area contributed by atoms with Gasteiger partial charge >= 0.3 is 5.97 Å². The van der Waals surface area contributed by atoms with Crippen LogP contribution in [0, 0.1) is 0 Å². The van der Waals surface area contributed by atoms with Crippen LogP contribution in [0.3, 0.4) is 0 Å². The largest absolute Gasteiger partial charge is 0.477 e. The van der Waals surface area contributed by atoms with Crippen LogP contribution in [0.1, 0.15) is 42.5 Å². The molecule has 5 nitrogen and oxygen atoms in total. The van der Waals surface area contributed by atoms with E-state index in [1.807, 2.05) is 0 Å². The van der Waals surface area contributed by atoms with Crippen molar-refractivity contribution in [2.24, 2.45) is 0 Å². The highest BCUT2D eigenvalue weighted by atomic mass is 16.4. The molecule has 1 aromatic heterocycles. The van der Waals surface area contributed by atoms with E-state index in [1.165, 1.54) is 6.07 Å². The predicted molar refractivity (Wildman–Crippen MR) is 61.1 cm³/mol. The van der Waals surface area contributed by atoms with Crippen LogP contribution in [0.15, 0.2) is 30.3 Å². The fraction of sp³-hybridized carbons (Fsp3) is 0. The summed E-state index contributed by atoms with van der Waals surface area (Å²) < 4.78 is 0. The van der Waals surface area contributed by atoms with Gasteiger partial charge in [-0.15, -0.1) is 0 Å². The molecule has 5 heteroatoms. The van der Waals surface area contributed by atoms with E-state index in [-0.39, 0.29) is 28.5 Å². The molecular weight excluding hydrogens is 234 g/mol. The Kier molecular flexibility index (Phi) is 1.98. The zero-order valence-electron chi connectivity index (χ0n) is 9.06. The lowest BCUT2D eigenvalue weighted by Crippen LogP contribution is -2.19. The maximum atomic E-state index is 12.1. The molecule has 1 heterocycles. The van der Waals surface area contributed by atoms with Crippen LogP contribution in [-0.2, 0) is 0 Å². The third kappa shape index (κ3) is 1.24. The second kappa shape index (κ2) is 3.40. The van der Waals surface area contributed by atoms with Crippen LogP contribution in [0.4, 0.5) is 0 Å². The highest BCUT2D eigenvalue weighted by Crippen LogP contribution is 2.27. The highest BCUT2D eigenvalue weighted by molar-refractivity contribution is 6.28. The van der Waals surface area contributed by atoms with Gasteiger partial charge in [-0.25, -0.2) is 4.79 Å². The standard InChI is InChI=1S/C13H7NO4/c15-11-6-3-1-2-4-7(6)12(16)10-8(11)5-9(14-10)13(17)18/h1-5,14H,(H,17,18). The number of hydrogen-bond donors (Lipinski definition) is 2. The third-order valence-electron chi connectivity index (χ3n) is 2.94. The molecule has 3 rings (SSSR count). The summed E-state index contributed by atoms with van der Waals surface area (Å²) in [7, 11) is 0. The molecule has 0 atom stereocenters. The van der Waals surface area contributed by atoms with E-state index in [1.54, 1.807) is 24.3 Å². The Hall–Kier alpha value is -2.69. The first-order valence-corrected chi connectivity index (χ1v) is 5.24. The average molecular weight is 241 g/mol. The number of carbonyl (C=O) groups is 3. The van der Waals surface area contributed by atoms with Crippen LogP contribution in [0.5, 0.6) is 0 Å². The highest BCUT2D eigenvalue weighted by Gasteiger charge is 2.32. The van der Waals surface area contributed by atoms with Gasteiger partial charge in [0.2, 0.25) is 5.78 Å². The SMILES string of the molecule is O=C(O)c1cc2c([nH]1)C(=O)c1ccccc1C2=O. The van der Waals surface area contributed by atoms with E-state index in [9.17, 15) is 14.4 Å². The lowest BCUT2D eigenvalue weighted by Gasteiger charge is -2.13. The summed E-state index contributed by atoms with van der Waals surface area (Å²) >= 11 is 0. The van der Waals surface area contributed by atoms with Crippen LogP contribution in [0.25, 0.3) is 0 Å². The molecule has 18 heavy (non-hydrogen) atoms. The lowest BCUT2D eigenvalue weighted by molar-refractivity contribution is 0.0691. The summed E-state index contributed by atoms with van der Waals surface area (Å²) in [5.41, 5.74) is 0.626. The molecule has 0 saturated carbocycles. The maximum Gasteiger partial charge on any atom is 0.352 e. The number of rotatable bonds is 1. The van der Waals surface area contributed by atoms with E-state index in [2.05, 4.69) is 4.98 Å². The third-order valence-corrected chi connectivity index (χ3v) is 2.94. The number of nitrogens with one attached hydrogen (secondary N) is 1. The number of ketones is 2. The zero-order chi connectivity index (χ0) is 12.9. The van der Waals surface area contributed by atoms with Crippen LogP contribution >= 0.6 is 0 Å². The van der Waals surface area contributed by atoms with Gasteiger partial charge in [0.15, 0.2) is 5.78 Å². The molecule has 88 valence electrons. The molecule has 0 saturated heterocycles. The minimum Gasteiger partial charge on any atom is -0.477 e. The predicted octanol–water partition coefficient (Wildman–Crippen LogP) is 1.49. The van der Waals surface area contributed by atoms with Crippen molar-refractivity contribution in [3.05, 3.63) is 58.4 Å². The normalized spacial score (nSPS) is 13.1. The van der Waals surface area contributed by atoms with Crippen molar-refractivity contribution in [1.29, 1.82) is 0 Å². The monoisotopic (exact) mass is 241 g/mol. The zero-order valence-corrected chi connectivity index (χ0v) is 9.06. The first kappa shape index (κ1) is 10.5. The Bertz CT molecular complexity index is 659. The van der Waals surface area contributed by atoms with Crippen molar-refractivity contribution in [2.45, 2.75) is 0 Å². The number of benzene rings is 1. The molecule has 0 spiro atoms. The molecule has 0 radical (unpaired) electrons. The lowest BCUT2D eigenvalue weighted by atomic mass is 9.88. The summed E-state index contributed by atoms with van der Waals surface area (Å²) in [4.78, 5) is 37.6.